The number of hydrogen-bond donors (Lipinski definition) is 1. The van der Waals surface area contributed by atoms with Crippen LogP contribution in [0.3, 0.4) is 0 Å². The van der Waals surface area contributed by atoms with Crippen LogP contribution in [0.15, 0.2) is 40.9 Å². The van der Waals surface area contributed by atoms with Gasteiger partial charge in [0.25, 0.3) is 0 Å². The molecule has 17 heavy (non-hydrogen) atoms. The minimum absolute atomic E-state index is 0.218. The lowest BCUT2D eigenvalue weighted by Crippen LogP contribution is -2.17. The van der Waals surface area contributed by atoms with Crippen LogP contribution in [0.5, 0.6) is 0 Å². The molecule has 0 aliphatic heterocycles. The van der Waals surface area contributed by atoms with Crippen molar-refractivity contribution in [2.24, 2.45) is 0 Å². The van der Waals surface area contributed by atoms with Gasteiger partial charge in [-0.3, -0.25) is 0 Å². The van der Waals surface area contributed by atoms with Crippen molar-refractivity contribution in [2.75, 3.05) is 19.0 Å². The molecule has 0 amide bonds. The number of ether oxygens (including phenoxy) is 1. The average molecular weight is 294 g/mol. The number of methoxy groups -OCH3 is 1. The first-order valence-corrected chi connectivity index (χ1v) is 6.44. The lowest BCUT2D eigenvalue weighted by Gasteiger charge is -2.12. The molecule has 90 valence electrons. The molecular weight excluding hydrogens is 278 g/mol. The average Bonchev–Trinajstić information content (AvgIpc) is 2.35. The second-order valence-electron chi connectivity index (χ2n) is 4.13. The van der Waals surface area contributed by atoms with Crippen LogP contribution in [0.4, 0.5) is 5.69 Å². The molecule has 0 aliphatic rings. The smallest absolute Gasteiger partial charge is 0.0715 e. The molecule has 0 aromatic heterocycles. The van der Waals surface area contributed by atoms with E-state index in [9.17, 15) is 0 Å². The summed E-state index contributed by atoms with van der Waals surface area (Å²) in [5, 5.41) is 5.84. The third kappa shape index (κ3) is 3.20. The van der Waals surface area contributed by atoms with Crippen LogP contribution in [0.1, 0.15) is 6.92 Å². The van der Waals surface area contributed by atoms with Gasteiger partial charge in [-0.2, -0.15) is 0 Å². The van der Waals surface area contributed by atoms with Gasteiger partial charge in [-0.15, -0.1) is 0 Å². The summed E-state index contributed by atoms with van der Waals surface area (Å²) in [4.78, 5) is 0. The zero-order chi connectivity index (χ0) is 12.3. The van der Waals surface area contributed by atoms with Crippen molar-refractivity contribution >= 4 is 32.4 Å². The van der Waals surface area contributed by atoms with E-state index in [0.717, 1.165) is 16.7 Å². The van der Waals surface area contributed by atoms with Crippen LogP contribution >= 0.6 is 15.9 Å². The maximum absolute atomic E-state index is 5.21. The monoisotopic (exact) mass is 293 g/mol. The van der Waals surface area contributed by atoms with E-state index < -0.39 is 0 Å². The molecule has 0 saturated heterocycles. The minimum Gasteiger partial charge on any atom is -0.382 e. The third-order valence-corrected chi connectivity index (χ3v) is 3.29. The number of fused-ring (bicyclic) bond motifs is 1. The Kier molecular flexibility index (Phi) is 4.02. The van der Waals surface area contributed by atoms with Gasteiger partial charge in [0.1, 0.15) is 0 Å². The van der Waals surface area contributed by atoms with Crippen LogP contribution in [0, 0.1) is 0 Å². The quantitative estimate of drug-likeness (QED) is 0.918. The molecule has 3 heteroatoms. The molecule has 2 aromatic carbocycles. The van der Waals surface area contributed by atoms with Crippen molar-refractivity contribution in [3.05, 3.63) is 40.9 Å². The molecule has 0 saturated carbocycles. The molecule has 0 fully saturated rings. The van der Waals surface area contributed by atoms with Crippen molar-refractivity contribution in [1.82, 2.24) is 0 Å². The maximum Gasteiger partial charge on any atom is 0.0715 e. The van der Waals surface area contributed by atoms with Crippen LogP contribution in [0.2, 0.25) is 0 Å². The Morgan fingerprint density at radius 3 is 2.65 bits per heavy atom. The van der Waals surface area contributed by atoms with Gasteiger partial charge in [0, 0.05) is 23.8 Å². The van der Waals surface area contributed by atoms with Gasteiger partial charge in [0.2, 0.25) is 0 Å². The molecule has 0 bridgehead atoms. The van der Waals surface area contributed by atoms with Gasteiger partial charge >= 0.3 is 0 Å². The molecule has 1 N–H and O–H groups in total. The summed E-state index contributed by atoms with van der Waals surface area (Å²) in [6, 6.07) is 12.7. The summed E-state index contributed by atoms with van der Waals surface area (Å²) >= 11 is 3.48. The van der Waals surface area contributed by atoms with E-state index in [0.29, 0.717) is 0 Å². The first kappa shape index (κ1) is 12.4. The van der Waals surface area contributed by atoms with E-state index in [1.165, 1.54) is 10.8 Å². The van der Waals surface area contributed by atoms with Gasteiger partial charge in [-0.1, -0.05) is 28.1 Å². The third-order valence-electron chi connectivity index (χ3n) is 2.80. The Morgan fingerprint density at radius 1 is 1.18 bits per heavy atom. The van der Waals surface area contributed by atoms with Crippen molar-refractivity contribution in [3.8, 4) is 0 Å². The molecule has 1 unspecified atom stereocenters. The zero-order valence-corrected chi connectivity index (χ0v) is 11.6. The van der Waals surface area contributed by atoms with E-state index in [1.54, 1.807) is 7.11 Å². The fraction of sp³-hybridized carbons (Fsp3) is 0.286. The van der Waals surface area contributed by atoms with E-state index in [1.807, 2.05) is 6.92 Å². The van der Waals surface area contributed by atoms with Crippen LogP contribution in [-0.2, 0) is 4.74 Å². The molecule has 0 heterocycles. The predicted molar refractivity (Wildman–Crippen MR) is 76.6 cm³/mol. The summed E-state index contributed by atoms with van der Waals surface area (Å²) in [7, 11) is 1.73. The number of benzene rings is 2. The lowest BCUT2D eigenvalue weighted by molar-refractivity contribution is 0.129. The number of halogens is 1. The Bertz CT molecular complexity index is 513. The minimum atomic E-state index is 0.218. The van der Waals surface area contributed by atoms with Gasteiger partial charge in [0.05, 0.1) is 6.10 Å². The van der Waals surface area contributed by atoms with Crippen LogP contribution < -0.4 is 5.32 Å². The molecule has 1 atom stereocenters. The van der Waals surface area contributed by atoms with Gasteiger partial charge < -0.3 is 10.1 Å². The van der Waals surface area contributed by atoms with Gasteiger partial charge in [-0.05, 0) is 42.0 Å². The summed E-state index contributed by atoms with van der Waals surface area (Å²) in [5.41, 5.74) is 1.13. The number of nitrogens with one attached hydrogen (secondary N) is 1. The van der Waals surface area contributed by atoms with Gasteiger partial charge in [-0.25, -0.2) is 0 Å². The Labute approximate surface area is 110 Å². The predicted octanol–water partition coefficient (Wildman–Crippen LogP) is 4.05. The largest absolute Gasteiger partial charge is 0.382 e. The topological polar surface area (TPSA) is 21.3 Å². The summed E-state index contributed by atoms with van der Waals surface area (Å²) in [5.74, 6) is 0. The highest BCUT2D eigenvalue weighted by Crippen LogP contribution is 2.22. The highest BCUT2D eigenvalue weighted by molar-refractivity contribution is 9.10. The summed E-state index contributed by atoms with van der Waals surface area (Å²) in [6.45, 7) is 2.86. The van der Waals surface area contributed by atoms with E-state index in [4.69, 9.17) is 4.74 Å². The van der Waals surface area contributed by atoms with E-state index >= 15 is 0 Å². The molecular formula is C14H16BrNO. The van der Waals surface area contributed by atoms with Crippen LogP contribution in [-0.4, -0.2) is 19.8 Å². The highest BCUT2D eigenvalue weighted by atomic mass is 79.9. The first-order chi connectivity index (χ1) is 8.19. The Balaban J connectivity index is 2.17. The van der Waals surface area contributed by atoms with Crippen molar-refractivity contribution in [3.63, 3.8) is 0 Å². The van der Waals surface area contributed by atoms with E-state index in [-0.39, 0.29) is 6.10 Å². The molecule has 2 aromatic rings. The fourth-order valence-electron chi connectivity index (χ4n) is 1.67. The highest BCUT2D eigenvalue weighted by Gasteiger charge is 2.00. The Morgan fingerprint density at radius 2 is 1.88 bits per heavy atom. The van der Waals surface area contributed by atoms with Crippen molar-refractivity contribution < 1.29 is 4.74 Å². The van der Waals surface area contributed by atoms with Gasteiger partial charge in [0.15, 0.2) is 0 Å². The maximum atomic E-state index is 5.21. The fourth-order valence-corrected chi connectivity index (χ4v) is 2.05. The SMILES string of the molecule is COC(C)CNc1ccc2cc(Br)ccc2c1. The number of hydrogen-bond acceptors (Lipinski definition) is 2. The Hall–Kier alpha value is -1.06. The molecule has 0 radical (unpaired) electrons. The normalized spacial score (nSPS) is 12.6. The van der Waals surface area contributed by atoms with Crippen molar-refractivity contribution in [2.45, 2.75) is 13.0 Å². The molecule has 0 aliphatic carbocycles. The lowest BCUT2D eigenvalue weighted by atomic mass is 10.1. The molecule has 2 nitrogen and oxygen atoms in total. The van der Waals surface area contributed by atoms with E-state index in [2.05, 4.69) is 57.6 Å². The summed E-state index contributed by atoms with van der Waals surface area (Å²) < 4.78 is 6.32. The van der Waals surface area contributed by atoms with Crippen molar-refractivity contribution in [1.29, 1.82) is 0 Å². The zero-order valence-electron chi connectivity index (χ0n) is 10.0. The first-order valence-electron chi connectivity index (χ1n) is 5.65. The second kappa shape index (κ2) is 5.52. The number of anilines is 1. The standard InChI is InChI=1S/C14H16BrNO/c1-10(17-2)9-16-14-6-4-11-7-13(15)5-3-12(11)8-14/h3-8,10,16H,9H2,1-2H3. The second-order valence-corrected chi connectivity index (χ2v) is 5.05. The summed E-state index contributed by atoms with van der Waals surface area (Å²) in [6.07, 6.45) is 0.218. The number of rotatable bonds is 4. The molecule has 0 spiro atoms. The molecule has 2 rings (SSSR count). The van der Waals surface area contributed by atoms with Crippen LogP contribution in [0.25, 0.3) is 10.8 Å².